The van der Waals surface area contributed by atoms with Crippen molar-refractivity contribution in [1.82, 2.24) is 4.98 Å². The van der Waals surface area contributed by atoms with E-state index < -0.39 is 10.7 Å². The monoisotopic (exact) mass is 211 g/mol. The molecule has 0 amide bonds. The zero-order valence-corrected chi connectivity index (χ0v) is 9.26. The maximum Gasteiger partial charge on any atom is 0.319 e. The first kappa shape index (κ1) is 11.0. The quantitative estimate of drug-likeness (QED) is 0.780. The highest BCUT2D eigenvalue weighted by Gasteiger charge is 2.28. The van der Waals surface area contributed by atoms with Gasteiger partial charge in [-0.15, -0.1) is 11.8 Å². The van der Waals surface area contributed by atoms with Crippen molar-refractivity contribution in [2.24, 2.45) is 0 Å². The number of rotatable bonds is 3. The summed E-state index contributed by atoms with van der Waals surface area (Å²) in [6, 6.07) is 1.84. The van der Waals surface area contributed by atoms with E-state index in [9.17, 15) is 4.79 Å². The predicted molar refractivity (Wildman–Crippen MR) is 56.5 cm³/mol. The molecule has 0 aliphatic heterocycles. The molecule has 0 spiro atoms. The van der Waals surface area contributed by atoms with Gasteiger partial charge in [-0.25, -0.2) is 0 Å². The van der Waals surface area contributed by atoms with Gasteiger partial charge < -0.3 is 5.11 Å². The Balaban J connectivity index is 2.89. The summed E-state index contributed by atoms with van der Waals surface area (Å²) in [6.07, 6.45) is 3.41. The summed E-state index contributed by atoms with van der Waals surface area (Å²) in [4.78, 5) is 15.8. The van der Waals surface area contributed by atoms with Crippen molar-refractivity contribution < 1.29 is 9.90 Å². The zero-order valence-electron chi connectivity index (χ0n) is 8.44. The molecule has 76 valence electrons. The van der Waals surface area contributed by atoms with Gasteiger partial charge in [0.1, 0.15) is 4.75 Å². The third-order valence-corrected chi connectivity index (χ3v) is 3.21. The van der Waals surface area contributed by atoms with Crippen LogP contribution in [0.15, 0.2) is 23.4 Å². The summed E-state index contributed by atoms with van der Waals surface area (Å²) in [5.41, 5.74) is 1.01. The molecular weight excluding hydrogens is 198 g/mol. The average Bonchev–Trinajstić information content (AvgIpc) is 2.08. The van der Waals surface area contributed by atoms with Gasteiger partial charge in [-0.05, 0) is 32.4 Å². The number of aliphatic carboxylic acids is 1. The maximum absolute atomic E-state index is 10.9. The highest BCUT2D eigenvalue weighted by molar-refractivity contribution is 8.01. The van der Waals surface area contributed by atoms with Crippen LogP contribution in [0, 0.1) is 6.92 Å². The molecule has 1 rings (SSSR count). The van der Waals surface area contributed by atoms with Gasteiger partial charge in [-0.1, -0.05) is 0 Å². The highest BCUT2D eigenvalue weighted by atomic mass is 32.2. The summed E-state index contributed by atoms with van der Waals surface area (Å²) in [7, 11) is 0. The Kier molecular flexibility index (Phi) is 3.16. The molecule has 0 saturated heterocycles. The molecule has 0 radical (unpaired) electrons. The minimum atomic E-state index is -0.807. The minimum absolute atomic E-state index is 0.799. The number of aromatic nitrogens is 1. The van der Waals surface area contributed by atoms with Crippen molar-refractivity contribution in [3.63, 3.8) is 0 Å². The molecule has 1 heterocycles. The van der Waals surface area contributed by atoms with Crippen LogP contribution in [-0.2, 0) is 4.79 Å². The summed E-state index contributed by atoms with van der Waals surface area (Å²) in [5, 5.41) is 8.96. The van der Waals surface area contributed by atoms with Crippen LogP contribution in [-0.4, -0.2) is 20.8 Å². The Hall–Kier alpha value is -1.03. The maximum atomic E-state index is 10.9. The lowest BCUT2D eigenvalue weighted by molar-refractivity contribution is -0.138. The van der Waals surface area contributed by atoms with Crippen LogP contribution in [0.5, 0.6) is 0 Å². The highest BCUT2D eigenvalue weighted by Crippen LogP contribution is 2.33. The number of nitrogens with zero attached hydrogens (tertiary/aromatic N) is 1. The smallest absolute Gasteiger partial charge is 0.319 e. The number of carboxylic acids is 1. The minimum Gasteiger partial charge on any atom is -0.480 e. The largest absolute Gasteiger partial charge is 0.480 e. The molecule has 0 aliphatic rings. The lowest BCUT2D eigenvalue weighted by Gasteiger charge is -2.19. The first-order valence-corrected chi connectivity index (χ1v) is 5.08. The van der Waals surface area contributed by atoms with Gasteiger partial charge in [0.25, 0.3) is 0 Å². The van der Waals surface area contributed by atoms with Crippen molar-refractivity contribution in [3.8, 4) is 0 Å². The molecule has 0 saturated carbocycles. The predicted octanol–water partition coefficient (Wildman–Crippen LogP) is 2.35. The summed E-state index contributed by atoms with van der Waals surface area (Å²) >= 11 is 1.34. The summed E-state index contributed by atoms with van der Waals surface area (Å²) < 4.78 is -0.799. The molecule has 1 aromatic rings. The van der Waals surface area contributed by atoms with Crippen LogP contribution in [0.3, 0.4) is 0 Å². The van der Waals surface area contributed by atoms with E-state index in [4.69, 9.17) is 5.11 Å². The van der Waals surface area contributed by atoms with Crippen LogP contribution in [0.2, 0.25) is 0 Å². The molecule has 0 aliphatic carbocycles. The van der Waals surface area contributed by atoms with Gasteiger partial charge in [0.2, 0.25) is 0 Å². The fourth-order valence-electron chi connectivity index (χ4n) is 0.894. The molecule has 0 atom stereocenters. The molecule has 1 aromatic heterocycles. The third-order valence-electron chi connectivity index (χ3n) is 1.85. The number of carboxylic acid groups (broad SMARTS) is 1. The standard InChI is InChI=1S/C10H13NO2S/c1-7-6-11-5-4-8(7)14-10(2,3)9(12)13/h4-6H,1-3H3,(H,12,13). The molecule has 0 aromatic carbocycles. The van der Waals surface area contributed by atoms with Gasteiger partial charge >= 0.3 is 5.97 Å². The number of hydrogen-bond acceptors (Lipinski definition) is 3. The molecule has 0 fully saturated rings. The van der Waals surface area contributed by atoms with Gasteiger partial charge in [0.05, 0.1) is 0 Å². The van der Waals surface area contributed by atoms with E-state index >= 15 is 0 Å². The number of aryl methyl sites for hydroxylation is 1. The van der Waals surface area contributed by atoms with E-state index in [1.165, 1.54) is 11.8 Å². The van der Waals surface area contributed by atoms with Crippen molar-refractivity contribution in [1.29, 1.82) is 0 Å². The molecule has 3 nitrogen and oxygen atoms in total. The average molecular weight is 211 g/mol. The Morgan fingerprint density at radius 1 is 1.57 bits per heavy atom. The van der Waals surface area contributed by atoms with Crippen LogP contribution < -0.4 is 0 Å². The molecule has 4 heteroatoms. The summed E-state index contributed by atoms with van der Waals surface area (Å²) in [5.74, 6) is -0.807. The second kappa shape index (κ2) is 4.00. The molecule has 0 bridgehead atoms. The van der Waals surface area contributed by atoms with Crippen molar-refractivity contribution >= 4 is 17.7 Å². The Labute approximate surface area is 87.6 Å². The van der Waals surface area contributed by atoms with E-state index in [-0.39, 0.29) is 0 Å². The molecular formula is C10H13NO2S. The van der Waals surface area contributed by atoms with Crippen molar-refractivity contribution in [3.05, 3.63) is 24.0 Å². The molecule has 0 unspecified atom stereocenters. The Morgan fingerprint density at radius 3 is 2.71 bits per heavy atom. The topological polar surface area (TPSA) is 50.2 Å². The number of carbonyl (C=O) groups is 1. The van der Waals surface area contributed by atoms with Crippen LogP contribution in [0.4, 0.5) is 0 Å². The van der Waals surface area contributed by atoms with Crippen molar-refractivity contribution in [2.75, 3.05) is 0 Å². The van der Waals surface area contributed by atoms with Gasteiger partial charge in [-0.3, -0.25) is 9.78 Å². The molecule has 1 N–H and O–H groups in total. The fourth-order valence-corrected chi connectivity index (χ4v) is 1.87. The Morgan fingerprint density at radius 2 is 2.21 bits per heavy atom. The van der Waals surface area contributed by atoms with Crippen LogP contribution in [0.1, 0.15) is 19.4 Å². The van der Waals surface area contributed by atoms with E-state index in [1.54, 1.807) is 26.2 Å². The first-order chi connectivity index (χ1) is 6.43. The lowest BCUT2D eigenvalue weighted by atomic mass is 10.2. The first-order valence-electron chi connectivity index (χ1n) is 4.26. The number of hydrogen-bond donors (Lipinski definition) is 1. The van der Waals surface area contributed by atoms with E-state index in [1.807, 2.05) is 13.0 Å². The molecule has 14 heavy (non-hydrogen) atoms. The van der Waals surface area contributed by atoms with Gasteiger partial charge in [0.15, 0.2) is 0 Å². The van der Waals surface area contributed by atoms with Crippen LogP contribution >= 0.6 is 11.8 Å². The normalized spacial score (nSPS) is 11.4. The van der Waals surface area contributed by atoms with E-state index in [2.05, 4.69) is 4.98 Å². The van der Waals surface area contributed by atoms with Gasteiger partial charge in [-0.2, -0.15) is 0 Å². The number of pyridine rings is 1. The Bertz CT molecular complexity index is 350. The SMILES string of the molecule is Cc1cnccc1SC(C)(C)C(=O)O. The van der Waals surface area contributed by atoms with Crippen molar-refractivity contribution in [2.45, 2.75) is 30.4 Å². The van der Waals surface area contributed by atoms with E-state index in [0.29, 0.717) is 0 Å². The van der Waals surface area contributed by atoms with E-state index in [0.717, 1.165) is 10.5 Å². The van der Waals surface area contributed by atoms with Gasteiger partial charge in [0, 0.05) is 17.3 Å². The second-order valence-corrected chi connectivity index (χ2v) is 5.22. The van der Waals surface area contributed by atoms with Crippen LogP contribution in [0.25, 0.3) is 0 Å². The number of thioether (sulfide) groups is 1. The third kappa shape index (κ3) is 2.48. The fraction of sp³-hybridized carbons (Fsp3) is 0.400. The second-order valence-electron chi connectivity index (χ2n) is 3.56. The zero-order chi connectivity index (χ0) is 10.8. The summed E-state index contributed by atoms with van der Waals surface area (Å²) in [6.45, 7) is 5.31. The lowest BCUT2D eigenvalue weighted by Crippen LogP contribution is -2.27.